The highest BCUT2D eigenvalue weighted by Gasteiger charge is 2.21. The molecule has 0 saturated heterocycles. The first-order chi connectivity index (χ1) is 8.86. The third kappa shape index (κ3) is 2.30. The van der Waals surface area contributed by atoms with E-state index in [1.807, 2.05) is 25.3 Å². The van der Waals surface area contributed by atoms with Gasteiger partial charge in [0.25, 0.3) is 0 Å². The van der Waals surface area contributed by atoms with Crippen LogP contribution in [0.5, 0.6) is 0 Å². The number of carbonyl (C=O) groups is 1. The largest absolute Gasteiger partial charge is 0.288 e. The topological polar surface area (TPSA) is 17.1 Å². The quantitative estimate of drug-likeness (QED) is 0.681. The summed E-state index contributed by atoms with van der Waals surface area (Å²) in [4.78, 5) is 13.6. The zero-order valence-corrected chi connectivity index (χ0v) is 14.3. The molecule has 3 heteroatoms. The van der Waals surface area contributed by atoms with E-state index in [0.717, 1.165) is 26.0 Å². The third-order valence-electron chi connectivity index (χ3n) is 4.05. The van der Waals surface area contributed by atoms with Crippen LogP contribution in [0.1, 0.15) is 43.1 Å². The zero-order valence-electron chi connectivity index (χ0n) is 11.8. The van der Waals surface area contributed by atoms with E-state index in [4.69, 9.17) is 0 Å². The van der Waals surface area contributed by atoms with Crippen molar-refractivity contribution in [1.82, 2.24) is 0 Å². The molecule has 0 unspecified atom stereocenters. The lowest BCUT2D eigenvalue weighted by Crippen LogP contribution is -2.09. The van der Waals surface area contributed by atoms with Gasteiger partial charge in [0.05, 0.1) is 4.88 Å². The summed E-state index contributed by atoms with van der Waals surface area (Å²) in [5.74, 6) is 0.128. The van der Waals surface area contributed by atoms with E-state index >= 15 is 0 Å². The highest BCUT2D eigenvalue weighted by atomic mass is 79.9. The molecule has 0 aliphatic carbocycles. The maximum atomic E-state index is 12.8. The number of rotatable bonds is 2. The van der Waals surface area contributed by atoms with Crippen LogP contribution in [0.3, 0.4) is 0 Å². The minimum atomic E-state index is 0.128. The van der Waals surface area contributed by atoms with Crippen molar-refractivity contribution in [2.24, 2.45) is 0 Å². The fourth-order valence-electron chi connectivity index (χ4n) is 2.41. The lowest BCUT2D eigenvalue weighted by atomic mass is 9.87. The second-order valence-corrected chi connectivity index (χ2v) is 6.70. The first-order valence-corrected chi connectivity index (χ1v) is 7.88. The molecular formula is C16H17BrOS. The van der Waals surface area contributed by atoms with E-state index in [-0.39, 0.29) is 5.78 Å². The minimum Gasteiger partial charge on any atom is -0.288 e. The molecule has 1 aromatic carbocycles. The van der Waals surface area contributed by atoms with Crippen molar-refractivity contribution < 1.29 is 4.79 Å². The summed E-state index contributed by atoms with van der Waals surface area (Å²) in [5.41, 5.74) is 6.80. The Kier molecular flexibility index (Phi) is 3.98. The third-order valence-corrected chi connectivity index (χ3v) is 5.89. The van der Waals surface area contributed by atoms with Gasteiger partial charge in [-0.05, 0) is 89.8 Å². The molecule has 2 aromatic rings. The van der Waals surface area contributed by atoms with Crippen LogP contribution in [0.25, 0.3) is 0 Å². The van der Waals surface area contributed by atoms with E-state index in [2.05, 4.69) is 36.7 Å². The number of benzene rings is 1. The molecule has 19 heavy (non-hydrogen) atoms. The molecule has 0 N–H and O–H groups in total. The van der Waals surface area contributed by atoms with Gasteiger partial charge in [0.15, 0.2) is 0 Å². The van der Waals surface area contributed by atoms with Gasteiger partial charge in [-0.25, -0.2) is 0 Å². The normalized spacial score (nSPS) is 10.8. The maximum absolute atomic E-state index is 12.8. The number of hydrogen-bond acceptors (Lipinski definition) is 2. The molecule has 0 aliphatic rings. The zero-order chi connectivity index (χ0) is 14.3. The Labute approximate surface area is 126 Å². The molecule has 0 spiro atoms. The van der Waals surface area contributed by atoms with Crippen molar-refractivity contribution in [2.45, 2.75) is 34.6 Å². The summed E-state index contributed by atoms with van der Waals surface area (Å²) < 4.78 is 0.886. The van der Waals surface area contributed by atoms with Crippen molar-refractivity contribution in [1.29, 1.82) is 0 Å². The average Bonchev–Trinajstić information content (AvgIpc) is 2.80. The number of hydrogen-bond donors (Lipinski definition) is 0. The van der Waals surface area contributed by atoms with Crippen molar-refractivity contribution >= 4 is 33.0 Å². The van der Waals surface area contributed by atoms with Crippen molar-refractivity contribution in [3.8, 4) is 0 Å². The Balaban J connectivity index is 2.71. The lowest BCUT2D eigenvalue weighted by Gasteiger charge is -2.17. The van der Waals surface area contributed by atoms with E-state index in [9.17, 15) is 4.79 Å². The van der Waals surface area contributed by atoms with Gasteiger partial charge in [0.1, 0.15) is 0 Å². The number of thiophene rings is 1. The van der Waals surface area contributed by atoms with Crippen LogP contribution < -0.4 is 0 Å². The molecule has 0 saturated carbocycles. The number of ketones is 1. The highest BCUT2D eigenvalue weighted by Crippen LogP contribution is 2.31. The van der Waals surface area contributed by atoms with Crippen LogP contribution in [0.4, 0.5) is 0 Å². The van der Waals surface area contributed by atoms with Gasteiger partial charge >= 0.3 is 0 Å². The molecule has 0 radical (unpaired) electrons. The molecule has 0 aliphatic heterocycles. The van der Waals surface area contributed by atoms with Gasteiger partial charge in [0.2, 0.25) is 5.78 Å². The van der Waals surface area contributed by atoms with Crippen LogP contribution in [0.15, 0.2) is 15.9 Å². The van der Waals surface area contributed by atoms with Crippen LogP contribution >= 0.6 is 27.3 Å². The molecule has 1 heterocycles. The molecule has 0 atom stereocenters. The summed E-state index contributed by atoms with van der Waals surface area (Å²) in [5, 5.41) is 1.94. The van der Waals surface area contributed by atoms with Crippen LogP contribution in [-0.2, 0) is 0 Å². The maximum Gasteiger partial charge on any atom is 0.204 e. The molecular weight excluding hydrogens is 320 g/mol. The van der Waals surface area contributed by atoms with Gasteiger partial charge in [-0.15, -0.1) is 11.3 Å². The predicted octanol–water partition coefficient (Wildman–Crippen LogP) is 5.28. The Morgan fingerprint density at radius 2 is 1.42 bits per heavy atom. The Morgan fingerprint density at radius 1 is 0.947 bits per heavy atom. The average molecular weight is 337 g/mol. The molecule has 2 rings (SSSR count). The fourth-order valence-corrected chi connectivity index (χ4v) is 3.91. The van der Waals surface area contributed by atoms with Gasteiger partial charge in [0, 0.05) is 10.0 Å². The second-order valence-electron chi connectivity index (χ2n) is 4.93. The lowest BCUT2D eigenvalue weighted by molar-refractivity contribution is 0.104. The molecule has 0 amide bonds. The fraction of sp³-hybridized carbons (Fsp3) is 0.312. The van der Waals surface area contributed by atoms with Crippen molar-refractivity contribution in [3.05, 3.63) is 54.2 Å². The van der Waals surface area contributed by atoms with Gasteiger partial charge < -0.3 is 0 Å². The van der Waals surface area contributed by atoms with Crippen LogP contribution in [0, 0.1) is 34.6 Å². The molecule has 1 aromatic heterocycles. The summed E-state index contributed by atoms with van der Waals surface area (Å²) in [6.45, 7) is 10.4. The monoisotopic (exact) mass is 336 g/mol. The van der Waals surface area contributed by atoms with Gasteiger partial charge in [-0.3, -0.25) is 4.79 Å². The second kappa shape index (κ2) is 5.22. The minimum absolute atomic E-state index is 0.128. The molecule has 1 nitrogen and oxygen atoms in total. The summed E-state index contributed by atoms with van der Waals surface area (Å²) >= 11 is 4.94. The Bertz CT molecular complexity index is 639. The summed E-state index contributed by atoms with van der Waals surface area (Å²) in [6.07, 6.45) is 0. The van der Waals surface area contributed by atoms with Crippen LogP contribution in [0.2, 0.25) is 0 Å². The Morgan fingerprint density at radius 3 is 1.84 bits per heavy atom. The smallest absolute Gasteiger partial charge is 0.204 e. The SMILES string of the molecule is Cc1c(C)c(C)c(C(=O)c2sccc2Br)c(C)c1C. The van der Waals surface area contributed by atoms with Crippen molar-refractivity contribution in [3.63, 3.8) is 0 Å². The van der Waals surface area contributed by atoms with Crippen LogP contribution in [-0.4, -0.2) is 5.78 Å². The first kappa shape index (κ1) is 14.5. The summed E-state index contributed by atoms with van der Waals surface area (Å²) in [6, 6.07) is 1.93. The molecule has 0 bridgehead atoms. The standard InChI is InChI=1S/C16H17BrOS/c1-8-9(2)11(4)14(12(5)10(8)3)15(18)16-13(17)6-7-19-16/h6-7H,1-5H3. The Hall–Kier alpha value is -0.930. The predicted molar refractivity (Wildman–Crippen MR) is 85.6 cm³/mol. The first-order valence-electron chi connectivity index (χ1n) is 6.20. The van der Waals surface area contributed by atoms with E-state index in [1.165, 1.54) is 28.0 Å². The number of halogens is 1. The van der Waals surface area contributed by atoms with Gasteiger partial charge in [-0.2, -0.15) is 0 Å². The molecule has 100 valence electrons. The van der Waals surface area contributed by atoms with E-state index in [0.29, 0.717) is 0 Å². The number of carbonyl (C=O) groups excluding carboxylic acids is 1. The molecule has 0 fully saturated rings. The van der Waals surface area contributed by atoms with Crippen molar-refractivity contribution in [2.75, 3.05) is 0 Å². The van der Waals surface area contributed by atoms with Gasteiger partial charge in [-0.1, -0.05) is 0 Å². The summed E-state index contributed by atoms with van der Waals surface area (Å²) in [7, 11) is 0. The highest BCUT2D eigenvalue weighted by molar-refractivity contribution is 9.10. The van der Waals surface area contributed by atoms with E-state index < -0.39 is 0 Å². The van der Waals surface area contributed by atoms with E-state index in [1.54, 1.807) is 0 Å².